The van der Waals surface area contributed by atoms with Crippen LogP contribution >= 0.6 is 11.3 Å². The minimum atomic E-state index is -0.207. The lowest BCUT2D eigenvalue weighted by molar-refractivity contribution is -0.920. The van der Waals surface area contributed by atoms with Gasteiger partial charge >= 0.3 is 0 Å². The normalized spacial score (nSPS) is 22.4. The van der Waals surface area contributed by atoms with E-state index in [1.807, 2.05) is 37.3 Å². The molecule has 3 heterocycles. The standard InChI is InChI=1S/C23H24N4O2S/c1-15(23(29)27-14-21(28)24-17-8-2-4-10-19(17)27)26-12-6-7-16(13-26)22-25-18-9-3-5-11-20(18)30-22/h2-5,8-11,15-16H,6-7,12-14H2,1H3,(H,24,28)/p+1/t15-,16+/m1/s1. The van der Waals surface area contributed by atoms with Crippen molar-refractivity contribution in [3.8, 4) is 0 Å². The van der Waals surface area contributed by atoms with Crippen LogP contribution in [-0.2, 0) is 9.59 Å². The number of piperidine rings is 1. The van der Waals surface area contributed by atoms with E-state index in [0.29, 0.717) is 11.6 Å². The summed E-state index contributed by atoms with van der Waals surface area (Å²) in [5.74, 6) is 0.242. The molecule has 1 unspecified atom stereocenters. The van der Waals surface area contributed by atoms with E-state index in [0.717, 1.165) is 37.1 Å². The summed E-state index contributed by atoms with van der Waals surface area (Å²) in [6.45, 7) is 3.94. The maximum Gasteiger partial charge on any atom is 0.285 e. The molecule has 154 valence electrons. The lowest BCUT2D eigenvalue weighted by Gasteiger charge is -2.36. The Kier molecular flexibility index (Phi) is 5.00. The molecule has 2 aliphatic rings. The zero-order chi connectivity index (χ0) is 20.7. The number of nitrogens with one attached hydrogen (secondary N) is 2. The Labute approximate surface area is 179 Å². The van der Waals surface area contributed by atoms with E-state index in [4.69, 9.17) is 4.98 Å². The second-order valence-corrected chi connectivity index (χ2v) is 9.24. The van der Waals surface area contributed by atoms with Crippen molar-refractivity contribution in [3.05, 3.63) is 53.5 Å². The molecule has 1 aromatic heterocycles. The molecule has 6 nitrogen and oxygen atoms in total. The Morgan fingerprint density at radius 2 is 2.03 bits per heavy atom. The van der Waals surface area contributed by atoms with Crippen LogP contribution in [0.5, 0.6) is 0 Å². The highest BCUT2D eigenvalue weighted by Crippen LogP contribution is 2.31. The summed E-state index contributed by atoms with van der Waals surface area (Å²) < 4.78 is 1.22. The Hall–Kier alpha value is -2.77. The number of fused-ring (bicyclic) bond motifs is 2. The fourth-order valence-electron chi connectivity index (χ4n) is 4.60. The molecule has 2 aromatic carbocycles. The van der Waals surface area contributed by atoms with E-state index >= 15 is 0 Å². The molecule has 2 aliphatic heterocycles. The van der Waals surface area contributed by atoms with Crippen LogP contribution in [0.2, 0.25) is 0 Å². The molecule has 0 radical (unpaired) electrons. The number of hydrogen-bond acceptors (Lipinski definition) is 4. The maximum atomic E-state index is 13.4. The van der Waals surface area contributed by atoms with E-state index < -0.39 is 0 Å². The fourth-order valence-corrected chi connectivity index (χ4v) is 5.71. The minimum Gasteiger partial charge on any atom is -0.324 e. The number of likely N-dealkylation sites (tertiary alicyclic amines) is 1. The van der Waals surface area contributed by atoms with Gasteiger partial charge in [-0.25, -0.2) is 4.98 Å². The third kappa shape index (κ3) is 3.48. The molecule has 1 saturated heterocycles. The van der Waals surface area contributed by atoms with Crippen LogP contribution in [0.15, 0.2) is 48.5 Å². The zero-order valence-electron chi connectivity index (χ0n) is 16.9. The molecule has 3 atom stereocenters. The Morgan fingerprint density at radius 3 is 2.90 bits per heavy atom. The van der Waals surface area contributed by atoms with E-state index in [9.17, 15) is 9.59 Å². The molecular weight excluding hydrogens is 396 g/mol. The van der Waals surface area contributed by atoms with Crippen LogP contribution in [0, 0.1) is 0 Å². The van der Waals surface area contributed by atoms with Gasteiger partial charge in [-0.05, 0) is 44.0 Å². The van der Waals surface area contributed by atoms with Gasteiger partial charge in [0.25, 0.3) is 5.91 Å². The van der Waals surface area contributed by atoms with Crippen LogP contribution in [0.1, 0.15) is 30.7 Å². The number of benzene rings is 2. The van der Waals surface area contributed by atoms with E-state index in [1.54, 1.807) is 16.2 Å². The monoisotopic (exact) mass is 421 g/mol. The third-order valence-corrected chi connectivity index (χ3v) is 7.44. The molecule has 3 aromatic rings. The number of rotatable bonds is 3. The van der Waals surface area contributed by atoms with Crippen LogP contribution in [0.25, 0.3) is 10.2 Å². The summed E-state index contributed by atoms with van der Waals surface area (Å²) in [7, 11) is 0. The van der Waals surface area contributed by atoms with Crippen LogP contribution in [-0.4, -0.2) is 42.5 Å². The predicted octanol–water partition coefficient (Wildman–Crippen LogP) is 2.43. The first-order chi connectivity index (χ1) is 14.6. The maximum absolute atomic E-state index is 13.4. The van der Waals surface area contributed by atoms with Gasteiger partial charge < -0.3 is 10.2 Å². The largest absolute Gasteiger partial charge is 0.324 e. The van der Waals surface area contributed by atoms with Crippen molar-refractivity contribution in [3.63, 3.8) is 0 Å². The predicted molar refractivity (Wildman–Crippen MR) is 119 cm³/mol. The SMILES string of the molecule is C[C@H](C(=O)N1CC(=O)Nc2ccccc21)[NH+]1CCC[C@H](c2nc3ccccc3s2)C1. The Morgan fingerprint density at radius 1 is 1.23 bits per heavy atom. The molecule has 5 rings (SSSR count). The molecule has 1 fully saturated rings. The third-order valence-electron chi connectivity index (χ3n) is 6.24. The first-order valence-electron chi connectivity index (χ1n) is 10.5. The summed E-state index contributed by atoms with van der Waals surface area (Å²) in [6.07, 6.45) is 2.18. The van der Waals surface area contributed by atoms with E-state index in [2.05, 4.69) is 23.5 Å². The molecule has 0 saturated carbocycles. The minimum absolute atomic E-state index is 0.0113. The van der Waals surface area contributed by atoms with Crippen LogP contribution in [0.3, 0.4) is 0 Å². The smallest absolute Gasteiger partial charge is 0.285 e. The highest BCUT2D eigenvalue weighted by molar-refractivity contribution is 7.18. The average molecular weight is 422 g/mol. The van der Waals surface area contributed by atoms with Gasteiger partial charge in [0, 0.05) is 0 Å². The van der Waals surface area contributed by atoms with Gasteiger partial charge in [-0.15, -0.1) is 11.3 Å². The number of anilines is 2. The van der Waals surface area contributed by atoms with Crippen molar-refractivity contribution in [2.45, 2.75) is 31.7 Å². The molecular formula is C23H25N4O2S+. The Balaban J connectivity index is 1.35. The van der Waals surface area contributed by atoms with Crippen molar-refractivity contribution < 1.29 is 14.5 Å². The van der Waals surface area contributed by atoms with E-state index in [-0.39, 0.29) is 24.4 Å². The number of hydrogen-bond donors (Lipinski definition) is 2. The fraction of sp³-hybridized carbons (Fsp3) is 0.348. The molecule has 0 bridgehead atoms. The number of carbonyl (C=O) groups is 2. The number of amides is 2. The number of quaternary nitrogens is 1. The van der Waals surface area contributed by atoms with Gasteiger partial charge in [0.05, 0.1) is 40.6 Å². The first-order valence-corrected chi connectivity index (χ1v) is 11.3. The summed E-state index contributed by atoms with van der Waals surface area (Å²) in [6, 6.07) is 15.6. The van der Waals surface area contributed by atoms with Gasteiger partial charge in [-0.2, -0.15) is 0 Å². The highest BCUT2D eigenvalue weighted by atomic mass is 32.1. The topological polar surface area (TPSA) is 66.7 Å². The van der Waals surface area contributed by atoms with Gasteiger partial charge in [0.1, 0.15) is 11.6 Å². The molecule has 2 N–H and O–H groups in total. The molecule has 0 spiro atoms. The average Bonchev–Trinajstić information content (AvgIpc) is 3.22. The lowest BCUT2D eigenvalue weighted by Crippen LogP contribution is -3.18. The number of para-hydroxylation sites is 3. The number of thiazole rings is 1. The van der Waals surface area contributed by atoms with Crippen LogP contribution in [0.4, 0.5) is 11.4 Å². The Bertz CT molecular complexity index is 1080. The quantitative estimate of drug-likeness (QED) is 0.683. The summed E-state index contributed by atoms with van der Waals surface area (Å²) in [4.78, 5) is 33.3. The van der Waals surface area contributed by atoms with Crippen molar-refractivity contribution >= 4 is 44.7 Å². The molecule has 0 aliphatic carbocycles. The highest BCUT2D eigenvalue weighted by Gasteiger charge is 2.37. The number of nitrogens with zero attached hydrogens (tertiary/aromatic N) is 2. The van der Waals surface area contributed by atoms with Gasteiger partial charge in [-0.3, -0.25) is 14.5 Å². The first kappa shape index (κ1) is 19.2. The lowest BCUT2D eigenvalue weighted by atomic mass is 9.97. The number of aromatic nitrogens is 1. The molecule has 7 heteroatoms. The van der Waals surface area contributed by atoms with Crippen molar-refractivity contribution in [1.82, 2.24) is 4.98 Å². The molecule has 2 amide bonds. The number of carbonyl (C=O) groups excluding carboxylic acids is 2. The van der Waals surface area contributed by atoms with E-state index in [1.165, 1.54) is 14.6 Å². The van der Waals surface area contributed by atoms with Crippen molar-refractivity contribution in [2.75, 3.05) is 29.9 Å². The summed E-state index contributed by atoms with van der Waals surface area (Å²) >= 11 is 1.77. The summed E-state index contributed by atoms with van der Waals surface area (Å²) in [5, 5.41) is 4.03. The molecule has 30 heavy (non-hydrogen) atoms. The van der Waals surface area contributed by atoms with Crippen molar-refractivity contribution in [2.24, 2.45) is 0 Å². The second kappa shape index (κ2) is 7.81. The van der Waals surface area contributed by atoms with Crippen LogP contribution < -0.4 is 15.1 Å². The zero-order valence-corrected chi connectivity index (χ0v) is 17.7. The van der Waals surface area contributed by atoms with Gasteiger partial charge in [0.15, 0.2) is 6.04 Å². The van der Waals surface area contributed by atoms with Gasteiger partial charge in [0.2, 0.25) is 5.91 Å². The van der Waals surface area contributed by atoms with Gasteiger partial charge in [-0.1, -0.05) is 24.3 Å². The summed E-state index contributed by atoms with van der Waals surface area (Å²) in [5.41, 5.74) is 2.55. The second-order valence-electron chi connectivity index (χ2n) is 8.18. The van der Waals surface area contributed by atoms with Crippen molar-refractivity contribution in [1.29, 1.82) is 0 Å².